The fraction of sp³-hybridized carbons (Fsp3) is 0.851. The largest absolute Gasteiger partial charge is 0.479 e. The number of carbonyl (C=O) groups excluding carboxylic acids is 3. The van der Waals surface area contributed by atoms with Gasteiger partial charge in [0.25, 0.3) is 0 Å². The van der Waals surface area contributed by atoms with Gasteiger partial charge in [0.2, 0.25) is 0 Å². The summed E-state index contributed by atoms with van der Waals surface area (Å²) in [6.45, 7) is 6.00. The first kappa shape index (κ1) is 74.0. The molecule has 3 N–H and O–H groups in total. The zero-order valence-electron chi connectivity index (χ0n) is 50.9. The van der Waals surface area contributed by atoms with Crippen LogP contribution in [0.4, 0.5) is 0 Å². The number of unbranched alkanes of at least 4 members (excludes halogenated alkanes) is 37. The summed E-state index contributed by atoms with van der Waals surface area (Å²) in [6.07, 6.45) is 53.8. The predicted molar refractivity (Wildman–Crippen MR) is 322 cm³/mol. The van der Waals surface area contributed by atoms with Gasteiger partial charge in [-0.15, -0.1) is 0 Å². The number of esters is 3. The van der Waals surface area contributed by atoms with Crippen LogP contribution in [0.25, 0.3) is 0 Å². The lowest BCUT2D eigenvalue weighted by Crippen LogP contribution is -2.61. The van der Waals surface area contributed by atoms with Gasteiger partial charge >= 0.3 is 23.9 Å². The molecule has 0 amide bonds. The van der Waals surface area contributed by atoms with Gasteiger partial charge < -0.3 is 39.0 Å². The number of carboxylic acids is 1. The molecule has 6 atom stereocenters. The average Bonchev–Trinajstić information content (AvgIpc) is 3.43. The van der Waals surface area contributed by atoms with Gasteiger partial charge in [-0.1, -0.05) is 256 Å². The van der Waals surface area contributed by atoms with E-state index in [1.165, 1.54) is 167 Å². The highest BCUT2D eigenvalue weighted by Gasteiger charge is 2.50. The van der Waals surface area contributed by atoms with Crippen LogP contribution in [-0.4, -0.2) is 89.2 Å². The van der Waals surface area contributed by atoms with Gasteiger partial charge in [0.1, 0.15) is 18.8 Å². The summed E-state index contributed by atoms with van der Waals surface area (Å²) in [7, 11) is 0. The van der Waals surface area contributed by atoms with Crippen molar-refractivity contribution in [3.63, 3.8) is 0 Å². The topological polar surface area (TPSA) is 175 Å². The first-order chi connectivity index (χ1) is 38.6. The fourth-order valence-corrected chi connectivity index (χ4v) is 10.1. The summed E-state index contributed by atoms with van der Waals surface area (Å²) in [5.41, 5.74) is 0. The highest BCUT2D eigenvalue weighted by atomic mass is 16.7. The van der Waals surface area contributed by atoms with Crippen LogP contribution in [0.3, 0.4) is 0 Å². The third-order valence-electron chi connectivity index (χ3n) is 15.2. The molecule has 0 saturated carbocycles. The zero-order valence-corrected chi connectivity index (χ0v) is 50.9. The van der Waals surface area contributed by atoms with Crippen LogP contribution in [0.1, 0.15) is 316 Å². The Hall–Kier alpha value is -3.06. The van der Waals surface area contributed by atoms with E-state index in [-0.39, 0.29) is 25.9 Å². The maximum absolute atomic E-state index is 13.2. The van der Waals surface area contributed by atoms with Crippen molar-refractivity contribution in [2.24, 2.45) is 0 Å². The summed E-state index contributed by atoms with van der Waals surface area (Å²) in [5, 5.41) is 31.6. The molecule has 1 heterocycles. The minimum absolute atomic E-state index is 0.0474. The second-order valence-corrected chi connectivity index (χ2v) is 22.8. The average molecular weight is 1120 g/mol. The molecule has 79 heavy (non-hydrogen) atoms. The van der Waals surface area contributed by atoms with Gasteiger partial charge in [-0.3, -0.25) is 14.4 Å². The highest BCUT2D eigenvalue weighted by Crippen LogP contribution is 2.27. The van der Waals surface area contributed by atoms with Crippen molar-refractivity contribution in [3.8, 4) is 0 Å². The number of ether oxygens (including phenoxy) is 5. The van der Waals surface area contributed by atoms with Crippen LogP contribution in [0.5, 0.6) is 0 Å². The second kappa shape index (κ2) is 55.5. The number of hydrogen-bond acceptors (Lipinski definition) is 11. The molecule has 0 radical (unpaired) electrons. The molecule has 0 aliphatic carbocycles. The molecule has 0 aromatic carbocycles. The van der Waals surface area contributed by atoms with Crippen molar-refractivity contribution in [1.29, 1.82) is 0 Å². The molecule has 0 aromatic rings. The highest BCUT2D eigenvalue weighted by molar-refractivity contribution is 5.74. The van der Waals surface area contributed by atoms with E-state index in [4.69, 9.17) is 23.7 Å². The van der Waals surface area contributed by atoms with E-state index >= 15 is 0 Å². The van der Waals surface area contributed by atoms with E-state index in [0.29, 0.717) is 19.3 Å². The smallest absolute Gasteiger partial charge is 0.335 e. The normalized spacial score (nSPS) is 18.0. The molecule has 12 nitrogen and oxygen atoms in total. The number of aliphatic carboxylic acids is 1. The molecule has 460 valence electrons. The lowest BCUT2D eigenvalue weighted by molar-refractivity contribution is -0.301. The minimum atomic E-state index is -1.91. The van der Waals surface area contributed by atoms with E-state index in [1.807, 2.05) is 0 Å². The predicted octanol–water partition coefficient (Wildman–Crippen LogP) is 17.6. The molecule has 1 fully saturated rings. The number of hydrogen-bond donors (Lipinski definition) is 3. The molecule has 1 saturated heterocycles. The van der Waals surface area contributed by atoms with Crippen LogP contribution in [-0.2, 0) is 42.9 Å². The van der Waals surface area contributed by atoms with Crippen LogP contribution in [0, 0.1) is 0 Å². The number of aliphatic hydroxyl groups is 2. The Kier molecular flexibility index (Phi) is 51.9. The van der Waals surface area contributed by atoms with Gasteiger partial charge in [0.05, 0.1) is 6.61 Å². The number of carboxylic acid groups (broad SMARTS) is 1. The molecule has 1 aliphatic heterocycles. The maximum Gasteiger partial charge on any atom is 0.335 e. The number of rotatable bonds is 57. The third-order valence-corrected chi connectivity index (χ3v) is 15.2. The summed E-state index contributed by atoms with van der Waals surface area (Å²) >= 11 is 0. The molecule has 0 spiro atoms. The first-order valence-electron chi connectivity index (χ1n) is 33.0. The monoisotopic (exact) mass is 1120 g/mol. The number of carbonyl (C=O) groups is 4. The van der Waals surface area contributed by atoms with E-state index in [0.717, 1.165) is 89.9 Å². The number of allylic oxidation sites excluding steroid dienone is 6. The molecule has 0 bridgehead atoms. The van der Waals surface area contributed by atoms with Crippen LogP contribution in [0.2, 0.25) is 0 Å². The number of aliphatic hydroxyl groups excluding tert-OH is 2. The Morgan fingerprint density at radius 1 is 0.418 bits per heavy atom. The minimum Gasteiger partial charge on any atom is -0.479 e. The van der Waals surface area contributed by atoms with E-state index in [1.54, 1.807) is 0 Å². The van der Waals surface area contributed by atoms with Crippen molar-refractivity contribution < 1.29 is 58.2 Å². The van der Waals surface area contributed by atoms with Crippen LogP contribution in [0.15, 0.2) is 36.5 Å². The molecular formula is C67H120O12. The summed E-state index contributed by atoms with van der Waals surface area (Å²) in [4.78, 5) is 51.3. The maximum atomic E-state index is 13.2. The van der Waals surface area contributed by atoms with Crippen molar-refractivity contribution in [3.05, 3.63) is 36.5 Å². The summed E-state index contributed by atoms with van der Waals surface area (Å²) < 4.78 is 28.5. The van der Waals surface area contributed by atoms with Crippen molar-refractivity contribution >= 4 is 23.9 Å². The molecule has 12 heteroatoms. The molecule has 0 aromatic heterocycles. The molecule has 6 unspecified atom stereocenters. The lowest BCUT2D eigenvalue weighted by atomic mass is 9.98. The van der Waals surface area contributed by atoms with Gasteiger partial charge in [-0.05, 0) is 77.0 Å². The zero-order chi connectivity index (χ0) is 57.5. The quantitative estimate of drug-likeness (QED) is 0.0228. The van der Waals surface area contributed by atoms with E-state index in [2.05, 4.69) is 57.2 Å². The Morgan fingerprint density at radius 3 is 1.18 bits per heavy atom. The SMILES string of the molecule is CCCCC/C=C\C/C=C\CCCCCCCC(=O)OC1C(OCC(COC(=O)CCCCCCCCC/C=C\CCCCCCCC)OC(=O)CCCCCCCCCCCCCCCCCCC)OC(C(=O)O)C(O)C1O. The molecule has 1 rings (SSSR count). The van der Waals surface area contributed by atoms with Crippen molar-refractivity contribution in [2.75, 3.05) is 13.2 Å². The molecule has 1 aliphatic rings. The Labute approximate surface area is 482 Å². The van der Waals surface area contributed by atoms with E-state index in [9.17, 15) is 34.5 Å². The Balaban J connectivity index is 2.66. The Morgan fingerprint density at radius 2 is 0.759 bits per heavy atom. The van der Waals surface area contributed by atoms with Gasteiger partial charge in [0.15, 0.2) is 24.6 Å². The first-order valence-corrected chi connectivity index (χ1v) is 33.0. The third kappa shape index (κ3) is 45.2. The summed E-state index contributed by atoms with van der Waals surface area (Å²) in [5.74, 6) is -3.11. The van der Waals surface area contributed by atoms with Crippen molar-refractivity contribution in [1.82, 2.24) is 0 Å². The van der Waals surface area contributed by atoms with Gasteiger partial charge in [0, 0.05) is 19.3 Å². The molecular weight excluding hydrogens is 997 g/mol. The van der Waals surface area contributed by atoms with Crippen LogP contribution < -0.4 is 0 Å². The van der Waals surface area contributed by atoms with Gasteiger partial charge in [-0.2, -0.15) is 0 Å². The second-order valence-electron chi connectivity index (χ2n) is 22.8. The van der Waals surface area contributed by atoms with Gasteiger partial charge in [-0.25, -0.2) is 4.79 Å². The fourth-order valence-electron chi connectivity index (χ4n) is 10.1. The Bertz CT molecular complexity index is 1510. The summed E-state index contributed by atoms with van der Waals surface area (Å²) in [6, 6.07) is 0. The lowest BCUT2D eigenvalue weighted by Gasteiger charge is -2.40. The van der Waals surface area contributed by atoms with Crippen LogP contribution >= 0.6 is 0 Å². The van der Waals surface area contributed by atoms with Crippen molar-refractivity contribution in [2.45, 2.75) is 353 Å². The van der Waals surface area contributed by atoms with E-state index < -0.39 is 67.3 Å². The standard InChI is InChI=1S/C67H120O12/c1-4-7-10-13-16-19-22-25-28-30-33-35-38-41-44-47-50-53-59(68)75-56-58(77-60(69)54-51-48-45-42-39-37-34-31-29-26-23-20-17-14-11-8-5-2)57-76-67-65(63(72)62(71)64(79-67)66(73)74)78-61(70)55-52-49-46-43-40-36-32-27-24-21-18-15-12-9-6-3/h18,21,25,27-28,32,58,62-65,67,71-72H,4-17,19-20,22-24,26,29-31,33-57H2,1-3H3,(H,73,74)/b21-18-,28-25-,32-27-.